The predicted molar refractivity (Wildman–Crippen MR) is 329 cm³/mol. The van der Waals surface area contributed by atoms with E-state index in [1.54, 1.807) is 96.7 Å². The molecule has 0 radical (unpaired) electrons. The van der Waals surface area contributed by atoms with E-state index in [0.717, 1.165) is 35.2 Å². The minimum absolute atomic E-state index is 0.0211. The van der Waals surface area contributed by atoms with Crippen molar-refractivity contribution in [1.82, 2.24) is 9.80 Å². The molecule has 0 aliphatic carbocycles. The number of hydrogen-bond acceptors (Lipinski definition) is 14. The van der Waals surface area contributed by atoms with Crippen LogP contribution in [-0.4, -0.2) is 172 Å². The first-order chi connectivity index (χ1) is 41.5. The number of unbranched alkanes of at least 4 members (excludes halogenated alkanes) is 4. The summed E-state index contributed by atoms with van der Waals surface area (Å²) in [6.07, 6.45) is -5.36. The number of esters is 1. The summed E-state index contributed by atoms with van der Waals surface area (Å²) in [5.41, 5.74) is -4.35. The minimum atomic E-state index is -10.7. The summed E-state index contributed by atoms with van der Waals surface area (Å²) < 4.78 is 141. The summed E-state index contributed by atoms with van der Waals surface area (Å²) in [4.78, 5) is 33.2. The molecule has 0 saturated carbocycles. The van der Waals surface area contributed by atoms with Crippen molar-refractivity contribution in [2.75, 3.05) is 40.5 Å². The molecule has 3 aromatic carbocycles. The number of ether oxygens (including phenoxy) is 6. The number of likely N-dealkylation sites (N-methyl/N-ethyl adjacent to an activating group) is 1. The number of methoxy groups -OCH3 is 1. The summed E-state index contributed by atoms with van der Waals surface area (Å²) in [6.45, 7) is 16.9. The monoisotopic (exact) mass is 1330 g/mol. The molecule has 1 amide bonds. The normalized spacial score (nSPS) is 34.4. The van der Waals surface area contributed by atoms with Crippen LogP contribution in [-0.2, 0) is 38.0 Å². The van der Waals surface area contributed by atoms with E-state index in [-0.39, 0.29) is 67.7 Å². The molecule has 3 heterocycles. The van der Waals surface area contributed by atoms with E-state index in [4.69, 9.17) is 28.4 Å². The molecule has 3 fully saturated rings. The van der Waals surface area contributed by atoms with E-state index in [9.17, 15) is 73.5 Å². The number of benzene rings is 3. The summed E-state index contributed by atoms with van der Waals surface area (Å²) in [6, 6.07) is 17.8. The van der Waals surface area contributed by atoms with Gasteiger partial charge in [-0.3, -0.25) is 9.59 Å². The van der Waals surface area contributed by atoms with Gasteiger partial charge in [-0.05, 0) is 173 Å². The van der Waals surface area contributed by atoms with Gasteiger partial charge in [0.2, 0.25) is 5.91 Å². The molecule has 0 bridgehead atoms. The van der Waals surface area contributed by atoms with Gasteiger partial charge in [-0.1, -0.05) is 40.5 Å². The zero-order valence-electron chi connectivity index (χ0n) is 54.0. The first-order valence-corrected chi connectivity index (χ1v) is 35.0. The molecule has 5 N–H and O–H groups in total. The maximum atomic E-state index is 14.9. The van der Waals surface area contributed by atoms with Gasteiger partial charge in [-0.25, -0.2) is 13.2 Å². The number of rotatable bonds is 19. The zero-order valence-corrected chi connectivity index (χ0v) is 55.8. The average molecular weight is 1340 g/mol. The fourth-order valence-corrected chi connectivity index (χ4v) is 17.7. The molecule has 3 aliphatic rings. The van der Waals surface area contributed by atoms with Gasteiger partial charge < -0.3 is 63.8 Å². The van der Waals surface area contributed by atoms with Crippen LogP contribution in [0.25, 0.3) is 0 Å². The first-order valence-electron chi connectivity index (χ1n) is 31.0. The van der Waals surface area contributed by atoms with Gasteiger partial charge in [-0.2, -0.15) is 0 Å². The van der Waals surface area contributed by atoms with Crippen LogP contribution < -0.4 is 15.9 Å². The number of amides is 1. The van der Waals surface area contributed by atoms with Crippen LogP contribution in [0.5, 0.6) is 0 Å². The Morgan fingerprint density at radius 2 is 1.23 bits per heavy atom. The Kier molecular flexibility index (Phi) is 26.1. The van der Waals surface area contributed by atoms with Crippen molar-refractivity contribution in [2.24, 2.45) is 23.2 Å². The van der Waals surface area contributed by atoms with E-state index in [0.29, 0.717) is 25.4 Å². The average Bonchev–Trinajstić information content (AvgIpc) is 0.869. The van der Waals surface area contributed by atoms with Crippen LogP contribution in [0, 0.1) is 40.6 Å². The summed E-state index contributed by atoms with van der Waals surface area (Å²) in [5, 5.41) is 62.5. The van der Waals surface area contributed by atoms with Crippen molar-refractivity contribution in [3.05, 3.63) is 90.2 Å². The van der Waals surface area contributed by atoms with Crippen molar-refractivity contribution < 1.29 is 102 Å². The van der Waals surface area contributed by atoms with Crippen LogP contribution in [0.3, 0.4) is 0 Å². The number of nitrogens with zero attached hydrogens (tertiary/aromatic N) is 2. The second kappa shape index (κ2) is 30.4. The van der Waals surface area contributed by atoms with Crippen LogP contribution in [0.2, 0.25) is 0 Å². The predicted octanol–water partition coefficient (Wildman–Crippen LogP) is 11.2. The first kappa shape index (κ1) is 77.1. The topological polar surface area (TPSA) is 197 Å². The van der Waals surface area contributed by atoms with Crippen molar-refractivity contribution in [2.45, 2.75) is 218 Å². The molecule has 0 aromatic heterocycles. The molecule has 90 heavy (non-hydrogen) atoms. The van der Waals surface area contributed by atoms with Crippen LogP contribution in [0.4, 0.5) is 38.4 Å². The molecule has 0 spiro atoms. The van der Waals surface area contributed by atoms with Gasteiger partial charge in [0.15, 0.2) is 12.6 Å². The fraction of sp³-hybridized carbons (Fsp3) is 0.688. The molecular formula is C64H97F9N2O13P2. The van der Waals surface area contributed by atoms with Crippen molar-refractivity contribution in [3.8, 4) is 0 Å². The Morgan fingerprint density at radius 3 is 1.70 bits per heavy atom. The molecule has 15 nitrogen and oxygen atoms in total. The summed E-state index contributed by atoms with van der Waals surface area (Å²) in [5.74, 6) is -4.61. The van der Waals surface area contributed by atoms with Crippen LogP contribution in [0.1, 0.15) is 133 Å². The second-order valence-corrected chi connectivity index (χ2v) is 31.7. The van der Waals surface area contributed by atoms with Gasteiger partial charge in [-0.15, -0.1) is 0 Å². The van der Waals surface area contributed by atoms with Gasteiger partial charge >= 0.3 is 39.0 Å². The van der Waals surface area contributed by atoms with Crippen LogP contribution in [0.15, 0.2) is 72.8 Å². The molecule has 3 saturated heterocycles. The van der Waals surface area contributed by atoms with Crippen LogP contribution >= 0.6 is 15.1 Å². The quantitative estimate of drug-likeness (QED) is 0.0329. The van der Waals surface area contributed by atoms with Crippen molar-refractivity contribution >= 4 is 42.9 Å². The van der Waals surface area contributed by atoms with Crippen molar-refractivity contribution in [1.29, 1.82) is 0 Å². The number of hydrogen-bond donors (Lipinski definition) is 5. The fourth-order valence-electron chi connectivity index (χ4n) is 13.4. The second-order valence-electron chi connectivity index (χ2n) is 26.1. The Hall–Kier alpha value is -3.61. The van der Waals surface area contributed by atoms with Gasteiger partial charge in [0.1, 0.15) is 58.9 Å². The standard InChI is InChI=1S/C64H97F3N2O13P.F6P/c1-14-52-62(8,38-70)57(73)43(6)69(53(71)20-18-16-15-17-19-33-83(48-27-21-45(65)22-28-48,49-29-23-46(66)24-30-49)50-31-25-47(67)26-32-50)37-39(2)35-63(9,76)59(82-61-55(72)51(68(11)12)34-40(3)78-61)41(4)56(42(5)60(75)80-52)81-54-36-64(10,77-13)58(74)44(7)79-54;1-7(2,3,4,5)6/h21-32,39-44,51-52,54-59,61,70,72-74,76H,14-20,33-38H2,1-13H3;/q+1;-1/t39-,40-,41+,42-,43-,44+,51+,52-,54+,55-,56+,57-,58+,59-,61+,62-,63-,64-;/m1./s1. The molecule has 3 aliphatic heterocycles. The van der Waals surface area contributed by atoms with E-state index in [1.807, 2.05) is 32.8 Å². The van der Waals surface area contributed by atoms with E-state index >= 15 is 0 Å². The molecule has 3 aromatic rings. The zero-order chi connectivity index (χ0) is 67.8. The maximum absolute atomic E-state index is 14.9. The van der Waals surface area contributed by atoms with E-state index < -0.39 is 123 Å². The Bertz CT molecular complexity index is 2640. The van der Waals surface area contributed by atoms with E-state index in [2.05, 4.69) is 0 Å². The molecule has 514 valence electrons. The van der Waals surface area contributed by atoms with Gasteiger partial charge in [0, 0.05) is 38.5 Å². The molecular weight excluding hydrogens is 1240 g/mol. The number of aliphatic hydroxyl groups excluding tert-OH is 4. The van der Waals surface area contributed by atoms with Gasteiger partial charge in [0.05, 0.1) is 71.9 Å². The number of cyclic esters (lactones) is 1. The number of aliphatic hydroxyl groups is 5. The Balaban J connectivity index is 0.00000198. The Morgan fingerprint density at radius 1 is 0.744 bits per heavy atom. The Labute approximate surface area is 524 Å². The number of halogens is 9. The molecule has 6 rings (SSSR count). The summed E-state index contributed by atoms with van der Waals surface area (Å²) >= 11 is 0. The van der Waals surface area contributed by atoms with Crippen molar-refractivity contribution in [3.63, 3.8) is 0 Å². The number of carbonyl (C=O) groups excluding carboxylic acids is 2. The molecule has 0 unspecified atom stereocenters. The third kappa shape index (κ3) is 20.5. The number of carbonyl (C=O) groups is 2. The summed E-state index contributed by atoms with van der Waals surface area (Å²) in [7, 11) is -7.98. The molecule has 18 atom stereocenters. The van der Waals surface area contributed by atoms with E-state index in [1.165, 1.54) is 43.5 Å². The third-order valence-electron chi connectivity index (χ3n) is 18.4. The molecule has 26 heteroatoms. The van der Waals surface area contributed by atoms with Gasteiger partial charge in [0.25, 0.3) is 0 Å². The third-order valence-corrected chi connectivity index (χ3v) is 22.9. The SMILES string of the molecule is CC[C@H]1OC(=O)[C@H](C)[C@@H](O[C@H]2C[C@@](C)(OC)[C@@H](O)[C@H](C)O2)[C@H](C)[C@@H](O[C@@H]2O[C@H](C)C[C@H](N(C)C)[C@H]2O)[C@](C)(O)C[C@@H](C)CN(C(=O)CCCCCCC[P+](c2ccc(F)cc2)(c2ccc(F)cc2)c2ccc(F)cc2)[C@H](C)[C@@H](O)[C@]1(C)CO.F[P-](F)(F)(F)(F)F.